The van der Waals surface area contributed by atoms with Crippen molar-refractivity contribution >= 4 is 0 Å². The summed E-state index contributed by atoms with van der Waals surface area (Å²) >= 11 is 0. The van der Waals surface area contributed by atoms with Crippen molar-refractivity contribution in [3.63, 3.8) is 0 Å². The molecule has 1 heterocycles. The predicted octanol–water partition coefficient (Wildman–Crippen LogP) is 5.98. The number of hydrogen-bond donors (Lipinski definition) is 0. The number of alkyl halides is 3. The number of pyridine rings is 1. The van der Waals surface area contributed by atoms with Gasteiger partial charge in [0.1, 0.15) is 5.82 Å². The van der Waals surface area contributed by atoms with Crippen LogP contribution in [0.4, 0.5) is 17.6 Å². The highest BCUT2D eigenvalue weighted by Crippen LogP contribution is 2.44. The normalized spacial score (nSPS) is 16.5. The fourth-order valence-corrected chi connectivity index (χ4v) is 3.71. The van der Waals surface area contributed by atoms with E-state index in [4.69, 9.17) is 0 Å². The van der Waals surface area contributed by atoms with Crippen molar-refractivity contribution in [1.82, 2.24) is 4.98 Å². The minimum atomic E-state index is -4.57. The Hall–Kier alpha value is -2.69. The molecule has 0 aliphatic heterocycles. The largest absolute Gasteiger partial charge is 0.416 e. The van der Waals surface area contributed by atoms with Gasteiger partial charge in [-0.1, -0.05) is 36.4 Å². The second kappa shape index (κ2) is 6.24. The predicted molar refractivity (Wildman–Crippen MR) is 91.2 cm³/mol. The van der Waals surface area contributed by atoms with Gasteiger partial charge in [-0.2, -0.15) is 13.2 Å². The van der Waals surface area contributed by atoms with Crippen molar-refractivity contribution in [2.75, 3.05) is 0 Å². The van der Waals surface area contributed by atoms with E-state index in [0.717, 1.165) is 35.6 Å². The van der Waals surface area contributed by atoms with Gasteiger partial charge in [0.15, 0.2) is 0 Å². The third kappa shape index (κ3) is 2.87. The number of benzene rings is 2. The van der Waals surface area contributed by atoms with E-state index in [1.807, 2.05) is 30.3 Å². The third-order valence-electron chi connectivity index (χ3n) is 4.91. The molecule has 1 aromatic heterocycles. The number of aromatic nitrogens is 1. The Balaban J connectivity index is 1.84. The minimum absolute atomic E-state index is 0.0888. The van der Waals surface area contributed by atoms with Crippen molar-refractivity contribution in [3.05, 3.63) is 89.0 Å². The summed E-state index contributed by atoms with van der Waals surface area (Å²) in [6, 6.07) is 12.6. The molecule has 5 heteroatoms. The van der Waals surface area contributed by atoms with Crippen molar-refractivity contribution < 1.29 is 17.6 Å². The molecule has 0 saturated heterocycles. The van der Waals surface area contributed by atoms with E-state index in [-0.39, 0.29) is 11.5 Å². The first-order valence-electron chi connectivity index (χ1n) is 8.34. The van der Waals surface area contributed by atoms with Gasteiger partial charge >= 0.3 is 6.18 Å². The first kappa shape index (κ1) is 16.8. The van der Waals surface area contributed by atoms with Crippen LogP contribution in [-0.4, -0.2) is 4.98 Å². The summed E-state index contributed by atoms with van der Waals surface area (Å²) in [6.07, 6.45) is 0.441. The van der Waals surface area contributed by atoms with Gasteiger partial charge in [-0.15, -0.1) is 0 Å². The Bertz CT molecular complexity index is 948. The van der Waals surface area contributed by atoms with Gasteiger partial charge in [-0.25, -0.2) is 4.39 Å². The Morgan fingerprint density at radius 3 is 2.38 bits per heavy atom. The van der Waals surface area contributed by atoms with Gasteiger partial charge in [0.25, 0.3) is 0 Å². The minimum Gasteiger partial charge on any atom is -0.264 e. The Morgan fingerprint density at radius 1 is 0.923 bits per heavy atom. The van der Waals surface area contributed by atoms with Gasteiger partial charge in [0, 0.05) is 29.4 Å². The SMILES string of the molecule is Fc1cc(C(F)(F)F)ccc1-c1cncc2c1[C@@H](c1ccccc1)CC2. The van der Waals surface area contributed by atoms with Gasteiger partial charge < -0.3 is 0 Å². The summed E-state index contributed by atoms with van der Waals surface area (Å²) in [6.45, 7) is 0. The molecule has 0 unspecified atom stereocenters. The molecule has 0 saturated carbocycles. The van der Waals surface area contributed by atoms with E-state index in [1.54, 1.807) is 12.4 Å². The molecule has 4 rings (SSSR count). The lowest BCUT2D eigenvalue weighted by molar-refractivity contribution is -0.137. The fraction of sp³-hybridized carbons (Fsp3) is 0.190. The molecule has 3 aromatic rings. The van der Waals surface area contributed by atoms with Crippen LogP contribution in [-0.2, 0) is 12.6 Å². The molecular formula is C21H15F4N. The molecule has 0 radical (unpaired) electrons. The van der Waals surface area contributed by atoms with Crippen molar-refractivity contribution in [3.8, 4) is 11.1 Å². The van der Waals surface area contributed by atoms with Crippen molar-refractivity contribution in [2.45, 2.75) is 24.9 Å². The molecular weight excluding hydrogens is 342 g/mol. The summed E-state index contributed by atoms with van der Waals surface area (Å²) in [4.78, 5) is 4.18. The standard InChI is InChI=1S/C21H15F4N/c22-19-10-15(21(23,24)25)7-9-17(19)18-12-26-11-14-6-8-16(20(14)18)13-4-2-1-3-5-13/h1-5,7,9-12,16H,6,8H2/t16-/m1/s1. The zero-order chi connectivity index (χ0) is 18.3. The zero-order valence-corrected chi connectivity index (χ0v) is 13.7. The molecule has 1 nitrogen and oxygen atoms in total. The number of hydrogen-bond acceptors (Lipinski definition) is 1. The van der Waals surface area contributed by atoms with E-state index < -0.39 is 17.6 Å². The van der Waals surface area contributed by atoms with Gasteiger partial charge in [-0.05, 0) is 41.7 Å². The Kier molecular flexibility index (Phi) is 4.02. The number of fused-ring (bicyclic) bond motifs is 1. The molecule has 132 valence electrons. The monoisotopic (exact) mass is 357 g/mol. The molecule has 1 aliphatic carbocycles. The van der Waals surface area contributed by atoms with Crippen molar-refractivity contribution in [2.24, 2.45) is 0 Å². The van der Waals surface area contributed by atoms with Crippen LogP contribution >= 0.6 is 0 Å². The third-order valence-corrected chi connectivity index (χ3v) is 4.91. The molecule has 0 N–H and O–H groups in total. The summed E-state index contributed by atoms with van der Waals surface area (Å²) in [7, 11) is 0. The van der Waals surface area contributed by atoms with Crippen LogP contribution in [0.1, 0.15) is 34.6 Å². The van der Waals surface area contributed by atoms with Crippen LogP contribution in [0.5, 0.6) is 0 Å². The highest BCUT2D eigenvalue weighted by Gasteiger charge is 2.32. The highest BCUT2D eigenvalue weighted by atomic mass is 19.4. The first-order chi connectivity index (χ1) is 12.4. The number of nitrogens with zero attached hydrogens (tertiary/aromatic N) is 1. The lowest BCUT2D eigenvalue weighted by atomic mass is 9.88. The van der Waals surface area contributed by atoms with Crippen LogP contribution in [0.15, 0.2) is 60.9 Å². The quantitative estimate of drug-likeness (QED) is 0.514. The second-order valence-corrected chi connectivity index (χ2v) is 6.45. The maximum absolute atomic E-state index is 14.5. The van der Waals surface area contributed by atoms with E-state index in [1.165, 1.54) is 6.07 Å². The summed E-state index contributed by atoms with van der Waals surface area (Å²) in [5, 5.41) is 0. The van der Waals surface area contributed by atoms with Crippen LogP contribution in [0.2, 0.25) is 0 Å². The van der Waals surface area contributed by atoms with Gasteiger partial charge in [0.05, 0.1) is 5.56 Å². The molecule has 1 atom stereocenters. The van der Waals surface area contributed by atoms with Crippen LogP contribution in [0, 0.1) is 5.82 Å². The molecule has 0 spiro atoms. The van der Waals surface area contributed by atoms with Gasteiger partial charge in [-0.3, -0.25) is 4.98 Å². The molecule has 0 bridgehead atoms. The summed E-state index contributed by atoms with van der Waals surface area (Å²) in [5.41, 5.74) is 2.84. The Labute approximate surface area is 148 Å². The summed E-state index contributed by atoms with van der Waals surface area (Å²) in [5.74, 6) is -0.792. The average Bonchev–Trinajstić information content (AvgIpc) is 3.06. The molecule has 0 fully saturated rings. The van der Waals surface area contributed by atoms with E-state index in [2.05, 4.69) is 4.98 Å². The van der Waals surface area contributed by atoms with Gasteiger partial charge in [0.2, 0.25) is 0 Å². The molecule has 1 aliphatic rings. The lowest BCUT2D eigenvalue weighted by Gasteiger charge is -2.17. The zero-order valence-electron chi connectivity index (χ0n) is 13.7. The topological polar surface area (TPSA) is 12.9 Å². The number of rotatable bonds is 2. The van der Waals surface area contributed by atoms with E-state index in [0.29, 0.717) is 11.6 Å². The van der Waals surface area contributed by atoms with Crippen LogP contribution in [0.25, 0.3) is 11.1 Å². The average molecular weight is 357 g/mol. The number of halogens is 4. The molecule has 0 amide bonds. The maximum Gasteiger partial charge on any atom is 0.416 e. The van der Waals surface area contributed by atoms with Crippen LogP contribution in [0.3, 0.4) is 0 Å². The van der Waals surface area contributed by atoms with E-state index in [9.17, 15) is 17.6 Å². The van der Waals surface area contributed by atoms with E-state index >= 15 is 0 Å². The number of aryl methyl sites for hydroxylation is 1. The van der Waals surface area contributed by atoms with Crippen LogP contribution < -0.4 is 0 Å². The van der Waals surface area contributed by atoms with Crippen molar-refractivity contribution in [1.29, 1.82) is 0 Å². The smallest absolute Gasteiger partial charge is 0.264 e. The second-order valence-electron chi connectivity index (χ2n) is 6.45. The highest BCUT2D eigenvalue weighted by molar-refractivity contribution is 5.71. The summed E-state index contributed by atoms with van der Waals surface area (Å²) < 4.78 is 53.0. The molecule has 26 heavy (non-hydrogen) atoms. The Morgan fingerprint density at radius 2 is 1.69 bits per heavy atom. The maximum atomic E-state index is 14.5. The molecule has 2 aromatic carbocycles. The lowest BCUT2D eigenvalue weighted by Crippen LogP contribution is -2.06. The first-order valence-corrected chi connectivity index (χ1v) is 8.34. The fourth-order valence-electron chi connectivity index (χ4n) is 3.71.